The van der Waals surface area contributed by atoms with Crippen molar-refractivity contribution in [3.05, 3.63) is 0 Å². The minimum absolute atomic E-state index is 0.540. The van der Waals surface area contributed by atoms with Crippen molar-refractivity contribution in [2.45, 2.75) is 38.0 Å². The molecule has 0 bridgehead atoms. The Morgan fingerprint density at radius 3 is 1.46 bits per heavy atom. The Morgan fingerprint density at radius 2 is 1.31 bits per heavy atom. The lowest BCUT2D eigenvalue weighted by Gasteiger charge is -2.21. The zero-order chi connectivity index (χ0) is 10.5. The van der Waals surface area contributed by atoms with E-state index in [1.165, 1.54) is 0 Å². The number of rotatable bonds is 0. The molecule has 2 atom stereocenters. The molecule has 0 aromatic rings. The molecule has 1 rings (SSSR count). The maximum atomic E-state index is 12.9. The lowest BCUT2D eigenvalue weighted by molar-refractivity contribution is -0.297. The van der Waals surface area contributed by atoms with Gasteiger partial charge in [0.05, 0.1) is 0 Å². The van der Waals surface area contributed by atoms with Gasteiger partial charge >= 0.3 is 6.18 Å². The summed E-state index contributed by atoms with van der Waals surface area (Å²) >= 11 is 0. The molecule has 0 radical (unpaired) electrons. The SMILES string of the molecule is CC1(F)OC(C(F)(F)F)OC1(C)F. The first kappa shape index (κ1) is 10.6. The zero-order valence-electron chi connectivity index (χ0n) is 6.78. The van der Waals surface area contributed by atoms with E-state index in [4.69, 9.17) is 0 Å². The molecular formula is C6H7F5O2. The summed E-state index contributed by atoms with van der Waals surface area (Å²) < 4.78 is 69.0. The second-order valence-corrected chi connectivity index (χ2v) is 2.94. The minimum Gasteiger partial charge on any atom is -0.303 e. The third-order valence-electron chi connectivity index (χ3n) is 1.72. The van der Waals surface area contributed by atoms with Gasteiger partial charge < -0.3 is 9.47 Å². The standard InChI is InChI=1S/C6H7F5O2/c1-4(7)5(2,8)13-3(12-4)6(9,10)11/h3H,1-2H3. The number of hydrogen-bond acceptors (Lipinski definition) is 2. The van der Waals surface area contributed by atoms with Crippen molar-refractivity contribution >= 4 is 0 Å². The number of alkyl halides is 5. The predicted octanol–water partition coefficient (Wildman–Crippen LogP) is 2.29. The van der Waals surface area contributed by atoms with Crippen molar-refractivity contribution in [3.8, 4) is 0 Å². The Kier molecular flexibility index (Phi) is 2.08. The van der Waals surface area contributed by atoms with Gasteiger partial charge in [0.15, 0.2) is 0 Å². The molecule has 1 aliphatic heterocycles. The van der Waals surface area contributed by atoms with Crippen LogP contribution in [0.15, 0.2) is 0 Å². The monoisotopic (exact) mass is 206 g/mol. The molecule has 2 unspecified atom stereocenters. The average molecular weight is 206 g/mol. The molecule has 13 heavy (non-hydrogen) atoms. The van der Waals surface area contributed by atoms with E-state index in [9.17, 15) is 22.0 Å². The molecule has 1 heterocycles. The summed E-state index contributed by atoms with van der Waals surface area (Å²) in [5.41, 5.74) is 0. The van der Waals surface area contributed by atoms with Gasteiger partial charge in [-0.1, -0.05) is 0 Å². The van der Waals surface area contributed by atoms with Crippen LogP contribution in [0.2, 0.25) is 0 Å². The third kappa shape index (κ3) is 1.76. The summed E-state index contributed by atoms with van der Waals surface area (Å²) in [6.07, 6.45) is -7.78. The Labute approximate surface area is 70.6 Å². The first-order valence-corrected chi connectivity index (χ1v) is 3.36. The van der Waals surface area contributed by atoms with Gasteiger partial charge in [0.2, 0.25) is 0 Å². The molecule has 0 amide bonds. The van der Waals surface area contributed by atoms with E-state index in [1.54, 1.807) is 0 Å². The van der Waals surface area contributed by atoms with Gasteiger partial charge in [0.1, 0.15) is 0 Å². The normalized spacial score (nSPS) is 46.8. The van der Waals surface area contributed by atoms with Gasteiger partial charge in [-0.3, -0.25) is 0 Å². The van der Waals surface area contributed by atoms with Crippen LogP contribution < -0.4 is 0 Å². The van der Waals surface area contributed by atoms with Gasteiger partial charge in [-0.15, -0.1) is 0 Å². The molecule has 78 valence electrons. The fourth-order valence-electron chi connectivity index (χ4n) is 0.770. The maximum Gasteiger partial charge on any atom is 0.440 e. The fourth-order valence-corrected chi connectivity index (χ4v) is 0.770. The molecule has 2 nitrogen and oxygen atoms in total. The van der Waals surface area contributed by atoms with Crippen LogP contribution in [0.4, 0.5) is 22.0 Å². The topological polar surface area (TPSA) is 18.5 Å². The van der Waals surface area contributed by atoms with Gasteiger partial charge in [0.25, 0.3) is 18.0 Å². The molecule has 1 fully saturated rings. The van der Waals surface area contributed by atoms with Gasteiger partial charge in [-0.05, 0) is 0 Å². The van der Waals surface area contributed by atoms with Crippen molar-refractivity contribution in [2.24, 2.45) is 0 Å². The van der Waals surface area contributed by atoms with Crippen molar-refractivity contribution in [1.29, 1.82) is 0 Å². The highest BCUT2D eigenvalue weighted by atomic mass is 19.4. The summed E-state index contributed by atoms with van der Waals surface area (Å²) in [6, 6.07) is 0. The van der Waals surface area contributed by atoms with E-state index in [0.717, 1.165) is 0 Å². The summed E-state index contributed by atoms with van der Waals surface area (Å²) in [6.45, 7) is 1.08. The summed E-state index contributed by atoms with van der Waals surface area (Å²) in [5.74, 6) is -6.18. The molecule has 0 aromatic carbocycles. The van der Waals surface area contributed by atoms with Crippen LogP contribution in [-0.4, -0.2) is 24.2 Å². The lowest BCUT2D eigenvalue weighted by Crippen LogP contribution is -2.39. The number of halogens is 5. The minimum atomic E-state index is -4.93. The molecular weight excluding hydrogens is 199 g/mol. The first-order chi connectivity index (χ1) is 5.56. The number of hydrogen-bond donors (Lipinski definition) is 0. The Bertz CT molecular complexity index is 194. The second kappa shape index (κ2) is 2.54. The smallest absolute Gasteiger partial charge is 0.303 e. The van der Waals surface area contributed by atoms with Crippen LogP contribution in [0.1, 0.15) is 13.8 Å². The Morgan fingerprint density at radius 1 is 1.00 bits per heavy atom. The zero-order valence-corrected chi connectivity index (χ0v) is 6.78. The largest absolute Gasteiger partial charge is 0.440 e. The van der Waals surface area contributed by atoms with Crippen molar-refractivity contribution < 1.29 is 31.4 Å². The van der Waals surface area contributed by atoms with E-state index in [1.807, 2.05) is 0 Å². The summed E-state index contributed by atoms with van der Waals surface area (Å²) in [4.78, 5) is 0. The van der Waals surface area contributed by atoms with Crippen LogP contribution in [0.3, 0.4) is 0 Å². The van der Waals surface area contributed by atoms with E-state index in [2.05, 4.69) is 9.47 Å². The van der Waals surface area contributed by atoms with Gasteiger partial charge in [-0.2, -0.15) is 13.2 Å². The third-order valence-corrected chi connectivity index (χ3v) is 1.72. The van der Waals surface area contributed by atoms with Gasteiger partial charge in [0, 0.05) is 13.8 Å². The molecule has 0 aromatic heterocycles. The Hall–Kier alpha value is -0.430. The van der Waals surface area contributed by atoms with Crippen molar-refractivity contribution in [3.63, 3.8) is 0 Å². The molecule has 0 aliphatic carbocycles. The van der Waals surface area contributed by atoms with E-state index >= 15 is 0 Å². The molecule has 7 heteroatoms. The Balaban J connectivity index is 2.83. The van der Waals surface area contributed by atoms with E-state index in [-0.39, 0.29) is 0 Å². The predicted molar refractivity (Wildman–Crippen MR) is 31.0 cm³/mol. The van der Waals surface area contributed by atoms with Crippen LogP contribution in [-0.2, 0) is 9.47 Å². The second-order valence-electron chi connectivity index (χ2n) is 2.94. The fraction of sp³-hybridized carbons (Fsp3) is 1.00. The lowest BCUT2D eigenvalue weighted by atomic mass is 10.2. The number of ether oxygens (including phenoxy) is 2. The first-order valence-electron chi connectivity index (χ1n) is 3.36. The summed E-state index contributed by atoms with van der Waals surface area (Å²) in [7, 11) is 0. The van der Waals surface area contributed by atoms with E-state index in [0.29, 0.717) is 13.8 Å². The van der Waals surface area contributed by atoms with Crippen LogP contribution >= 0.6 is 0 Å². The van der Waals surface area contributed by atoms with Gasteiger partial charge in [-0.25, -0.2) is 8.78 Å². The molecule has 1 aliphatic rings. The highest BCUT2D eigenvalue weighted by Crippen LogP contribution is 2.45. The van der Waals surface area contributed by atoms with Crippen molar-refractivity contribution in [2.75, 3.05) is 0 Å². The van der Waals surface area contributed by atoms with E-state index < -0.39 is 24.2 Å². The van der Waals surface area contributed by atoms with Crippen LogP contribution in [0.25, 0.3) is 0 Å². The molecule has 0 N–H and O–H groups in total. The highest BCUT2D eigenvalue weighted by Gasteiger charge is 2.64. The average Bonchev–Trinajstić information content (AvgIpc) is 2.00. The van der Waals surface area contributed by atoms with Crippen LogP contribution in [0, 0.1) is 0 Å². The highest BCUT2D eigenvalue weighted by molar-refractivity contribution is 4.86. The van der Waals surface area contributed by atoms with Crippen molar-refractivity contribution in [1.82, 2.24) is 0 Å². The molecule has 0 spiro atoms. The molecule has 1 saturated heterocycles. The molecule has 0 saturated carbocycles. The maximum absolute atomic E-state index is 12.9. The quantitative estimate of drug-likeness (QED) is 0.566. The van der Waals surface area contributed by atoms with Crippen LogP contribution in [0.5, 0.6) is 0 Å². The summed E-state index contributed by atoms with van der Waals surface area (Å²) in [5, 5.41) is 0.